The molecule has 0 radical (unpaired) electrons. The van der Waals surface area contributed by atoms with Crippen LogP contribution in [-0.2, 0) is 16.0 Å². The van der Waals surface area contributed by atoms with E-state index < -0.39 is 35.3 Å². The molecule has 7 heteroatoms. The number of carboxylic acid groups (broad SMARTS) is 1. The van der Waals surface area contributed by atoms with Gasteiger partial charge >= 0.3 is 6.09 Å². The second-order valence-corrected chi connectivity index (χ2v) is 5.47. The Bertz CT molecular complexity index is 540. The number of rotatable bonds is 4. The molecule has 0 fully saturated rings. The largest absolute Gasteiger partial charge is 0.548 e. The highest BCUT2D eigenvalue weighted by Crippen LogP contribution is 2.11. The van der Waals surface area contributed by atoms with Crippen molar-refractivity contribution in [3.05, 3.63) is 35.4 Å². The summed E-state index contributed by atoms with van der Waals surface area (Å²) in [4.78, 5) is 22.5. The molecule has 0 saturated heterocycles. The van der Waals surface area contributed by atoms with E-state index in [-0.39, 0.29) is 12.0 Å². The Morgan fingerprint density at radius 2 is 1.90 bits per heavy atom. The second-order valence-electron chi connectivity index (χ2n) is 5.47. The average molecular weight is 300 g/mol. The molecule has 0 spiro atoms. The standard InChI is InChI=1S/C14H17F2NO4/c1-14(2,3)21-13(20)17-11(12(18)19)7-8-4-5-9(15)10(16)6-8/h4-6,11H,7H2,1-3H3,(H,17,20)(H,18,19)/p-1/t11-/m0/s1. The van der Waals surface area contributed by atoms with Crippen molar-refractivity contribution in [2.75, 3.05) is 0 Å². The van der Waals surface area contributed by atoms with E-state index >= 15 is 0 Å². The zero-order chi connectivity index (χ0) is 16.2. The minimum absolute atomic E-state index is 0.208. The molecule has 1 aromatic carbocycles. The van der Waals surface area contributed by atoms with Gasteiger partial charge in [0, 0.05) is 0 Å². The molecule has 1 amide bonds. The van der Waals surface area contributed by atoms with Crippen LogP contribution in [0.2, 0.25) is 0 Å². The van der Waals surface area contributed by atoms with Crippen LogP contribution >= 0.6 is 0 Å². The number of carbonyl (C=O) groups excluding carboxylic acids is 2. The van der Waals surface area contributed by atoms with Gasteiger partial charge in [-0.2, -0.15) is 0 Å². The zero-order valence-corrected chi connectivity index (χ0v) is 11.9. The lowest BCUT2D eigenvalue weighted by atomic mass is 10.1. The maximum Gasteiger partial charge on any atom is 0.408 e. The van der Waals surface area contributed by atoms with Gasteiger partial charge in [0.2, 0.25) is 0 Å². The highest BCUT2D eigenvalue weighted by atomic mass is 19.2. The van der Waals surface area contributed by atoms with Gasteiger partial charge in [-0.15, -0.1) is 0 Å². The van der Waals surface area contributed by atoms with Gasteiger partial charge in [0.05, 0.1) is 12.0 Å². The molecular formula is C14H16F2NO4-. The SMILES string of the molecule is CC(C)(C)OC(=O)N[C@@H](Cc1ccc(F)c(F)c1)C(=O)[O-]. The third-order valence-electron chi connectivity index (χ3n) is 2.40. The third kappa shape index (κ3) is 5.76. The van der Waals surface area contributed by atoms with Crippen molar-refractivity contribution in [3.8, 4) is 0 Å². The molecule has 0 aliphatic rings. The second kappa shape index (κ2) is 6.51. The Hall–Kier alpha value is -2.18. The number of alkyl carbamates (subject to hydrolysis) is 1. The van der Waals surface area contributed by atoms with Crippen molar-refractivity contribution in [1.82, 2.24) is 5.32 Å². The molecule has 0 aliphatic carbocycles. The fourth-order valence-electron chi connectivity index (χ4n) is 1.55. The lowest BCUT2D eigenvalue weighted by Crippen LogP contribution is -2.50. The number of hydrogen-bond donors (Lipinski definition) is 1. The van der Waals surface area contributed by atoms with Crippen LogP contribution in [0.1, 0.15) is 26.3 Å². The molecule has 1 aromatic rings. The number of benzene rings is 1. The van der Waals surface area contributed by atoms with E-state index in [0.29, 0.717) is 0 Å². The van der Waals surface area contributed by atoms with Gasteiger partial charge < -0.3 is 20.0 Å². The molecule has 116 valence electrons. The number of ether oxygens (including phenoxy) is 1. The highest BCUT2D eigenvalue weighted by molar-refractivity contribution is 5.79. The Labute approximate surface area is 120 Å². The summed E-state index contributed by atoms with van der Waals surface area (Å²) in [6.45, 7) is 4.86. The van der Waals surface area contributed by atoms with Crippen molar-refractivity contribution in [2.45, 2.75) is 38.8 Å². The fraction of sp³-hybridized carbons (Fsp3) is 0.429. The smallest absolute Gasteiger partial charge is 0.408 e. The molecule has 0 saturated carbocycles. The van der Waals surface area contributed by atoms with Crippen LogP contribution in [0.5, 0.6) is 0 Å². The van der Waals surface area contributed by atoms with E-state index in [1.807, 2.05) is 0 Å². The summed E-state index contributed by atoms with van der Waals surface area (Å²) in [7, 11) is 0. The van der Waals surface area contributed by atoms with Gasteiger partial charge in [0.25, 0.3) is 0 Å². The number of aliphatic carboxylic acids is 1. The topological polar surface area (TPSA) is 78.5 Å². The number of nitrogens with one attached hydrogen (secondary N) is 1. The molecule has 5 nitrogen and oxygen atoms in total. The lowest BCUT2D eigenvalue weighted by Gasteiger charge is -2.24. The van der Waals surface area contributed by atoms with Crippen LogP contribution in [0.25, 0.3) is 0 Å². The first kappa shape index (κ1) is 16.9. The summed E-state index contributed by atoms with van der Waals surface area (Å²) in [5.74, 6) is -3.68. The minimum atomic E-state index is -1.55. The average Bonchev–Trinajstić information content (AvgIpc) is 2.30. The predicted octanol–water partition coefficient (Wildman–Crippen LogP) is 1.15. The Kier molecular flexibility index (Phi) is 5.23. The summed E-state index contributed by atoms with van der Waals surface area (Å²) in [5.41, 5.74) is -0.582. The monoisotopic (exact) mass is 300 g/mol. The van der Waals surface area contributed by atoms with Crippen LogP contribution in [0.3, 0.4) is 0 Å². The minimum Gasteiger partial charge on any atom is -0.548 e. The van der Waals surface area contributed by atoms with E-state index in [4.69, 9.17) is 4.74 Å². The lowest BCUT2D eigenvalue weighted by molar-refractivity contribution is -0.308. The summed E-state index contributed by atoms with van der Waals surface area (Å²) in [6.07, 6.45) is -1.18. The van der Waals surface area contributed by atoms with Crippen molar-refractivity contribution >= 4 is 12.1 Å². The summed E-state index contributed by atoms with van der Waals surface area (Å²) >= 11 is 0. The molecule has 1 rings (SSSR count). The van der Waals surface area contributed by atoms with Crippen LogP contribution in [0, 0.1) is 11.6 Å². The molecule has 1 N–H and O–H groups in total. The van der Waals surface area contributed by atoms with Gasteiger partial charge in [0.1, 0.15) is 5.60 Å². The van der Waals surface area contributed by atoms with Crippen molar-refractivity contribution in [2.24, 2.45) is 0 Å². The van der Waals surface area contributed by atoms with Crippen molar-refractivity contribution in [3.63, 3.8) is 0 Å². The predicted molar refractivity (Wildman–Crippen MR) is 68.2 cm³/mol. The molecular weight excluding hydrogens is 284 g/mol. The molecule has 0 aromatic heterocycles. The molecule has 0 heterocycles. The quantitative estimate of drug-likeness (QED) is 0.904. The van der Waals surface area contributed by atoms with Gasteiger partial charge in [-0.05, 0) is 44.9 Å². The molecule has 0 unspecified atom stereocenters. The van der Waals surface area contributed by atoms with Crippen molar-refractivity contribution in [1.29, 1.82) is 0 Å². The van der Waals surface area contributed by atoms with E-state index in [1.165, 1.54) is 6.07 Å². The summed E-state index contributed by atoms with van der Waals surface area (Å²) in [6, 6.07) is 1.56. The van der Waals surface area contributed by atoms with Crippen LogP contribution < -0.4 is 10.4 Å². The molecule has 0 bridgehead atoms. The van der Waals surface area contributed by atoms with Crippen LogP contribution in [-0.4, -0.2) is 23.7 Å². The Morgan fingerprint density at radius 1 is 1.29 bits per heavy atom. The van der Waals surface area contributed by atoms with Crippen LogP contribution in [0.15, 0.2) is 18.2 Å². The highest BCUT2D eigenvalue weighted by Gasteiger charge is 2.20. The maximum absolute atomic E-state index is 13.1. The Morgan fingerprint density at radius 3 is 2.38 bits per heavy atom. The van der Waals surface area contributed by atoms with E-state index in [1.54, 1.807) is 20.8 Å². The number of hydrogen-bond acceptors (Lipinski definition) is 4. The number of carboxylic acids is 1. The normalized spacial score (nSPS) is 12.6. The maximum atomic E-state index is 13.1. The van der Waals surface area contributed by atoms with Gasteiger partial charge in [-0.25, -0.2) is 13.6 Å². The van der Waals surface area contributed by atoms with E-state index in [2.05, 4.69) is 5.32 Å². The van der Waals surface area contributed by atoms with E-state index in [9.17, 15) is 23.5 Å². The number of amides is 1. The first-order valence-electron chi connectivity index (χ1n) is 6.23. The zero-order valence-electron chi connectivity index (χ0n) is 11.9. The van der Waals surface area contributed by atoms with Crippen LogP contribution in [0.4, 0.5) is 13.6 Å². The molecule has 0 aliphatic heterocycles. The summed E-state index contributed by atoms with van der Waals surface area (Å²) in [5, 5.41) is 13.1. The van der Waals surface area contributed by atoms with Gasteiger partial charge in [-0.3, -0.25) is 0 Å². The first-order valence-corrected chi connectivity index (χ1v) is 6.23. The number of halogens is 2. The summed E-state index contributed by atoms with van der Waals surface area (Å²) < 4.78 is 30.8. The number of carbonyl (C=O) groups is 2. The van der Waals surface area contributed by atoms with Crippen molar-refractivity contribution < 1.29 is 28.2 Å². The third-order valence-corrected chi connectivity index (χ3v) is 2.40. The Balaban J connectivity index is 2.76. The van der Waals surface area contributed by atoms with E-state index in [0.717, 1.165) is 12.1 Å². The fourth-order valence-corrected chi connectivity index (χ4v) is 1.55. The van der Waals surface area contributed by atoms with Gasteiger partial charge in [0.15, 0.2) is 11.6 Å². The first-order chi connectivity index (χ1) is 9.58. The molecule has 21 heavy (non-hydrogen) atoms. The molecule has 1 atom stereocenters. The van der Waals surface area contributed by atoms with Gasteiger partial charge in [-0.1, -0.05) is 6.07 Å².